The second kappa shape index (κ2) is 6.24. The molecule has 1 N–H and O–H groups in total. The average Bonchev–Trinajstić information content (AvgIpc) is 2.82. The maximum absolute atomic E-state index is 11.8. The number of hydrogen-bond donors (Lipinski definition) is 1. The molecule has 2 aromatic rings. The molecule has 0 spiro atoms. The number of aryl methyl sites for hydroxylation is 1. The van der Waals surface area contributed by atoms with Crippen LogP contribution in [-0.2, 0) is 11.8 Å². The van der Waals surface area contributed by atoms with E-state index in [1.165, 1.54) is 11.8 Å². The number of rotatable bonds is 5. The van der Waals surface area contributed by atoms with Crippen LogP contribution in [0.4, 0.5) is 5.69 Å². The molecule has 0 bridgehead atoms. The van der Waals surface area contributed by atoms with Crippen molar-refractivity contribution < 1.29 is 9.53 Å². The van der Waals surface area contributed by atoms with Gasteiger partial charge in [0.05, 0.1) is 18.6 Å². The molecule has 0 unspecified atom stereocenters. The van der Waals surface area contributed by atoms with Crippen molar-refractivity contribution in [3.63, 3.8) is 0 Å². The van der Waals surface area contributed by atoms with Crippen LogP contribution in [0.5, 0.6) is 5.75 Å². The Labute approximate surface area is 115 Å². The van der Waals surface area contributed by atoms with Gasteiger partial charge in [0.2, 0.25) is 5.91 Å². The van der Waals surface area contributed by atoms with Gasteiger partial charge in [-0.25, -0.2) is 0 Å². The third-order valence-corrected chi connectivity index (χ3v) is 3.42. The van der Waals surface area contributed by atoms with Crippen LogP contribution in [-0.4, -0.2) is 33.5 Å². The van der Waals surface area contributed by atoms with E-state index in [0.717, 1.165) is 0 Å². The molecule has 100 valence electrons. The number of anilines is 1. The van der Waals surface area contributed by atoms with Gasteiger partial charge in [0, 0.05) is 7.05 Å². The zero-order valence-corrected chi connectivity index (χ0v) is 11.5. The zero-order chi connectivity index (χ0) is 13.7. The number of benzene rings is 1. The number of nitrogens with one attached hydrogen (secondary N) is 1. The predicted octanol–water partition coefficient (Wildman–Crippen LogP) is 1.55. The van der Waals surface area contributed by atoms with Crippen LogP contribution in [0.25, 0.3) is 0 Å². The summed E-state index contributed by atoms with van der Waals surface area (Å²) in [4.78, 5) is 11.8. The fourth-order valence-electron chi connectivity index (χ4n) is 1.47. The first-order valence-corrected chi connectivity index (χ1v) is 6.59. The third kappa shape index (κ3) is 3.47. The number of para-hydroxylation sites is 2. The Balaban J connectivity index is 1.93. The molecule has 19 heavy (non-hydrogen) atoms. The molecule has 1 amide bonds. The number of amides is 1. The molecule has 0 saturated carbocycles. The van der Waals surface area contributed by atoms with Crippen molar-refractivity contribution in [1.82, 2.24) is 14.8 Å². The van der Waals surface area contributed by atoms with E-state index in [0.29, 0.717) is 16.6 Å². The van der Waals surface area contributed by atoms with Gasteiger partial charge in [-0.1, -0.05) is 23.9 Å². The van der Waals surface area contributed by atoms with Crippen molar-refractivity contribution in [3.8, 4) is 5.75 Å². The van der Waals surface area contributed by atoms with Gasteiger partial charge in [-0.15, -0.1) is 10.2 Å². The normalized spacial score (nSPS) is 10.2. The first-order valence-electron chi connectivity index (χ1n) is 5.60. The first kappa shape index (κ1) is 13.4. The topological polar surface area (TPSA) is 69.0 Å². The number of ether oxygens (including phenoxy) is 1. The number of nitrogens with zero attached hydrogens (tertiary/aromatic N) is 3. The second-order valence-corrected chi connectivity index (χ2v) is 4.70. The molecule has 1 aromatic heterocycles. The highest BCUT2D eigenvalue weighted by Crippen LogP contribution is 2.23. The van der Waals surface area contributed by atoms with E-state index < -0.39 is 0 Å². The SMILES string of the molecule is COc1ccccc1NC(=O)CSc1nncn1C. The molecular weight excluding hydrogens is 264 g/mol. The summed E-state index contributed by atoms with van der Waals surface area (Å²) in [5.74, 6) is 0.793. The molecule has 7 heteroatoms. The lowest BCUT2D eigenvalue weighted by Crippen LogP contribution is -2.15. The predicted molar refractivity (Wildman–Crippen MR) is 73.4 cm³/mol. The second-order valence-electron chi connectivity index (χ2n) is 3.76. The zero-order valence-electron chi connectivity index (χ0n) is 10.7. The van der Waals surface area contributed by atoms with Crippen LogP contribution in [0.1, 0.15) is 0 Å². The van der Waals surface area contributed by atoms with Crippen molar-refractivity contribution >= 4 is 23.4 Å². The number of hydrogen-bond acceptors (Lipinski definition) is 5. The van der Waals surface area contributed by atoms with Crippen LogP contribution in [0.15, 0.2) is 35.7 Å². The van der Waals surface area contributed by atoms with Crippen molar-refractivity contribution in [2.75, 3.05) is 18.2 Å². The van der Waals surface area contributed by atoms with Crippen molar-refractivity contribution in [1.29, 1.82) is 0 Å². The fourth-order valence-corrected chi connectivity index (χ4v) is 2.16. The molecule has 2 rings (SSSR count). The van der Waals surface area contributed by atoms with Crippen LogP contribution < -0.4 is 10.1 Å². The van der Waals surface area contributed by atoms with Gasteiger partial charge < -0.3 is 14.6 Å². The summed E-state index contributed by atoms with van der Waals surface area (Å²) in [6.45, 7) is 0. The summed E-state index contributed by atoms with van der Waals surface area (Å²) in [6.07, 6.45) is 1.60. The standard InChI is InChI=1S/C12H14N4O2S/c1-16-8-13-15-12(16)19-7-11(17)14-9-5-3-4-6-10(9)18-2/h3-6,8H,7H2,1-2H3,(H,14,17). The van der Waals surface area contributed by atoms with Crippen molar-refractivity contribution in [2.24, 2.45) is 7.05 Å². The Morgan fingerprint density at radius 1 is 1.47 bits per heavy atom. The van der Waals surface area contributed by atoms with E-state index in [4.69, 9.17) is 4.74 Å². The first-order chi connectivity index (χ1) is 9.20. The third-order valence-electron chi connectivity index (χ3n) is 2.38. The Morgan fingerprint density at radius 3 is 2.95 bits per heavy atom. The molecule has 1 aromatic carbocycles. The lowest BCUT2D eigenvalue weighted by molar-refractivity contribution is -0.113. The van der Waals surface area contributed by atoms with Crippen molar-refractivity contribution in [3.05, 3.63) is 30.6 Å². The summed E-state index contributed by atoms with van der Waals surface area (Å²) in [5.41, 5.74) is 0.661. The quantitative estimate of drug-likeness (QED) is 0.840. The molecule has 1 heterocycles. The van der Waals surface area contributed by atoms with Gasteiger partial charge in [-0.3, -0.25) is 4.79 Å². The molecule has 0 aliphatic heterocycles. The van der Waals surface area contributed by atoms with E-state index in [2.05, 4.69) is 15.5 Å². The van der Waals surface area contributed by atoms with E-state index >= 15 is 0 Å². The Bertz CT molecular complexity index is 570. The van der Waals surface area contributed by atoms with Crippen molar-refractivity contribution in [2.45, 2.75) is 5.16 Å². The fraction of sp³-hybridized carbons (Fsp3) is 0.250. The van der Waals surface area contributed by atoms with Crippen LogP contribution >= 0.6 is 11.8 Å². The molecular formula is C12H14N4O2S. The van der Waals surface area contributed by atoms with Gasteiger partial charge >= 0.3 is 0 Å². The molecule has 0 aliphatic carbocycles. The summed E-state index contributed by atoms with van der Waals surface area (Å²) >= 11 is 1.33. The average molecular weight is 278 g/mol. The number of carbonyl (C=O) groups is 1. The van der Waals surface area contributed by atoms with Gasteiger partial charge in [0.25, 0.3) is 0 Å². The highest BCUT2D eigenvalue weighted by atomic mass is 32.2. The van der Waals surface area contributed by atoms with Crippen LogP contribution in [0.2, 0.25) is 0 Å². The lowest BCUT2D eigenvalue weighted by atomic mass is 10.3. The Hall–Kier alpha value is -2.02. The monoisotopic (exact) mass is 278 g/mol. The Kier molecular flexibility index (Phi) is 4.40. The molecule has 0 aliphatic rings. The maximum Gasteiger partial charge on any atom is 0.234 e. The minimum Gasteiger partial charge on any atom is -0.495 e. The highest BCUT2D eigenvalue weighted by molar-refractivity contribution is 7.99. The lowest BCUT2D eigenvalue weighted by Gasteiger charge is -2.09. The summed E-state index contributed by atoms with van der Waals surface area (Å²) < 4.78 is 6.93. The highest BCUT2D eigenvalue weighted by Gasteiger charge is 2.09. The number of thioether (sulfide) groups is 1. The summed E-state index contributed by atoms with van der Waals surface area (Å²) in [7, 11) is 3.40. The van der Waals surface area contributed by atoms with Crippen LogP contribution in [0.3, 0.4) is 0 Å². The minimum atomic E-state index is -0.113. The van der Waals surface area contributed by atoms with E-state index in [1.807, 2.05) is 19.2 Å². The van der Waals surface area contributed by atoms with Gasteiger partial charge in [-0.05, 0) is 12.1 Å². The summed E-state index contributed by atoms with van der Waals surface area (Å²) in [5, 5.41) is 11.2. The van der Waals surface area contributed by atoms with Gasteiger partial charge in [-0.2, -0.15) is 0 Å². The van der Waals surface area contributed by atoms with Gasteiger partial charge in [0.15, 0.2) is 5.16 Å². The molecule has 0 saturated heterocycles. The molecule has 0 fully saturated rings. The van der Waals surface area contributed by atoms with Gasteiger partial charge in [0.1, 0.15) is 12.1 Å². The minimum absolute atomic E-state index is 0.113. The number of methoxy groups -OCH3 is 1. The number of aromatic nitrogens is 3. The Morgan fingerprint density at radius 2 is 2.26 bits per heavy atom. The van der Waals surface area contributed by atoms with E-state index in [-0.39, 0.29) is 11.7 Å². The molecule has 0 atom stereocenters. The molecule has 0 radical (unpaired) electrons. The molecule has 6 nitrogen and oxygen atoms in total. The largest absolute Gasteiger partial charge is 0.495 e. The smallest absolute Gasteiger partial charge is 0.234 e. The van der Waals surface area contributed by atoms with E-state index in [9.17, 15) is 4.79 Å². The van der Waals surface area contributed by atoms with E-state index in [1.54, 1.807) is 30.1 Å². The number of carbonyl (C=O) groups excluding carboxylic acids is 1. The summed E-state index contributed by atoms with van der Waals surface area (Å²) in [6, 6.07) is 7.28. The maximum atomic E-state index is 11.8. The van der Waals surface area contributed by atoms with Crippen LogP contribution in [0, 0.1) is 0 Å².